The molecule has 0 unspecified atom stereocenters. The van der Waals surface area contributed by atoms with Gasteiger partial charge >= 0.3 is 11.9 Å². The Bertz CT molecular complexity index is 1010. The standard InChI is InChI=1S/C28H34N2O6/c1-17(2)25(31)29-23(19-11-7-5-8-12-19)15-21(27(33)34)22(28(35)36)16-24(30-26(32)18(3)4)20-13-9-6-10-14-20/h5-14,17-18,23-24H,15-16H2,1-4H3,(H,29,31)(H,30,32)(H,33,34)(H,35,36)/t23-,24-/m1/s1. The number of carbonyl (C=O) groups is 4. The smallest absolute Gasteiger partial charge is 0.332 e. The summed E-state index contributed by atoms with van der Waals surface area (Å²) in [5.74, 6) is -4.04. The SMILES string of the molecule is CC(C)C(=O)N[C@H](CC(C(=O)O)=C(C[C@@H](NC(=O)C(C)C)c1ccccc1)C(=O)O)c1ccccc1. The van der Waals surface area contributed by atoms with Crippen LogP contribution in [0.15, 0.2) is 71.8 Å². The predicted octanol–water partition coefficient (Wildman–Crippen LogP) is 4.26. The van der Waals surface area contributed by atoms with Gasteiger partial charge < -0.3 is 20.8 Å². The summed E-state index contributed by atoms with van der Waals surface area (Å²) in [7, 11) is 0. The van der Waals surface area contributed by atoms with Gasteiger partial charge in [0.1, 0.15) is 0 Å². The molecule has 36 heavy (non-hydrogen) atoms. The first-order valence-electron chi connectivity index (χ1n) is 11.9. The fourth-order valence-corrected chi connectivity index (χ4v) is 3.64. The molecular weight excluding hydrogens is 460 g/mol. The quantitative estimate of drug-likeness (QED) is 0.326. The van der Waals surface area contributed by atoms with E-state index in [1.807, 2.05) is 0 Å². The third kappa shape index (κ3) is 8.08. The van der Waals surface area contributed by atoms with Crippen LogP contribution in [-0.2, 0) is 19.2 Å². The number of aliphatic carboxylic acids is 2. The highest BCUT2D eigenvalue weighted by molar-refractivity contribution is 5.99. The van der Waals surface area contributed by atoms with E-state index in [9.17, 15) is 29.4 Å². The molecule has 8 nitrogen and oxygen atoms in total. The average molecular weight is 495 g/mol. The summed E-state index contributed by atoms with van der Waals surface area (Å²) in [6, 6.07) is 16.1. The lowest BCUT2D eigenvalue weighted by Crippen LogP contribution is -2.34. The average Bonchev–Trinajstić information content (AvgIpc) is 2.84. The Morgan fingerprint density at radius 1 is 0.611 bits per heavy atom. The molecule has 2 aromatic carbocycles. The van der Waals surface area contributed by atoms with E-state index in [0.29, 0.717) is 11.1 Å². The van der Waals surface area contributed by atoms with E-state index in [2.05, 4.69) is 10.6 Å². The lowest BCUT2D eigenvalue weighted by atomic mass is 9.90. The van der Waals surface area contributed by atoms with Gasteiger partial charge in [-0.25, -0.2) is 9.59 Å². The van der Waals surface area contributed by atoms with Gasteiger partial charge in [-0.05, 0) is 11.1 Å². The van der Waals surface area contributed by atoms with Crippen molar-refractivity contribution >= 4 is 23.8 Å². The Labute approximate surface area is 211 Å². The van der Waals surface area contributed by atoms with Crippen LogP contribution in [0.1, 0.15) is 63.7 Å². The van der Waals surface area contributed by atoms with Crippen molar-refractivity contribution in [2.75, 3.05) is 0 Å². The van der Waals surface area contributed by atoms with E-state index in [1.165, 1.54) is 0 Å². The first-order chi connectivity index (χ1) is 17.0. The minimum Gasteiger partial charge on any atom is -0.478 e. The molecule has 0 saturated carbocycles. The van der Waals surface area contributed by atoms with Gasteiger partial charge in [0, 0.05) is 35.8 Å². The van der Waals surface area contributed by atoms with Crippen LogP contribution in [0.3, 0.4) is 0 Å². The number of carbonyl (C=O) groups excluding carboxylic acids is 2. The van der Waals surface area contributed by atoms with Gasteiger partial charge in [-0.2, -0.15) is 0 Å². The molecule has 0 aliphatic heterocycles. The molecule has 0 spiro atoms. The second kappa shape index (κ2) is 13.2. The lowest BCUT2D eigenvalue weighted by molar-refractivity contribution is -0.136. The van der Waals surface area contributed by atoms with Crippen LogP contribution in [0, 0.1) is 11.8 Å². The largest absolute Gasteiger partial charge is 0.478 e. The first kappa shape index (κ1) is 28.3. The van der Waals surface area contributed by atoms with Crippen molar-refractivity contribution in [3.8, 4) is 0 Å². The number of carboxylic acids is 2. The highest BCUT2D eigenvalue weighted by Crippen LogP contribution is 2.29. The Morgan fingerprint density at radius 2 is 0.917 bits per heavy atom. The molecule has 192 valence electrons. The van der Waals surface area contributed by atoms with Crippen LogP contribution in [0.5, 0.6) is 0 Å². The summed E-state index contributed by atoms with van der Waals surface area (Å²) in [6.07, 6.45) is -0.474. The van der Waals surface area contributed by atoms with Gasteiger partial charge in [0.25, 0.3) is 0 Å². The fourth-order valence-electron chi connectivity index (χ4n) is 3.64. The molecule has 0 bridgehead atoms. The van der Waals surface area contributed by atoms with E-state index >= 15 is 0 Å². The number of hydrogen-bond donors (Lipinski definition) is 4. The number of hydrogen-bond acceptors (Lipinski definition) is 4. The van der Waals surface area contributed by atoms with Crippen LogP contribution in [0.4, 0.5) is 0 Å². The molecule has 2 rings (SSSR count). The highest BCUT2D eigenvalue weighted by atomic mass is 16.4. The summed E-state index contributed by atoms with van der Waals surface area (Å²) >= 11 is 0. The molecule has 0 heterocycles. The molecule has 0 saturated heterocycles. The van der Waals surface area contributed by atoms with Crippen molar-refractivity contribution in [2.24, 2.45) is 11.8 Å². The molecular formula is C28H34N2O6. The Balaban J connectivity index is 2.54. The van der Waals surface area contributed by atoms with Crippen molar-refractivity contribution in [1.82, 2.24) is 10.6 Å². The summed E-state index contributed by atoms with van der Waals surface area (Å²) < 4.78 is 0. The lowest BCUT2D eigenvalue weighted by Gasteiger charge is -2.24. The maximum atomic E-state index is 12.5. The van der Waals surface area contributed by atoms with E-state index in [-0.39, 0.29) is 47.6 Å². The van der Waals surface area contributed by atoms with Crippen molar-refractivity contribution < 1.29 is 29.4 Å². The topological polar surface area (TPSA) is 133 Å². The minimum atomic E-state index is -1.39. The van der Waals surface area contributed by atoms with E-state index in [0.717, 1.165) is 0 Å². The second-order valence-corrected chi connectivity index (χ2v) is 9.23. The predicted molar refractivity (Wildman–Crippen MR) is 136 cm³/mol. The zero-order valence-electron chi connectivity index (χ0n) is 21.0. The monoisotopic (exact) mass is 494 g/mol. The van der Waals surface area contributed by atoms with E-state index in [1.54, 1.807) is 88.4 Å². The summed E-state index contributed by atoms with van der Waals surface area (Å²) in [5, 5.41) is 25.8. The molecule has 2 aromatic rings. The fraction of sp³-hybridized carbons (Fsp3) is 0.357. The Kier molecular flexibility index (Phi) is 10.4. The van der Waals surface area contributed by atoms with Gasteiger partial charge in [-0.15, -0.1) is 0 Å². The van der Waals surface area contributed by atoms with Crippen LogP contribution < -0.4 is 10.6 Å². The zero-order valence-corrected chi connectivity index (χ0v) is 21.0. The Morgan fingerprint density at radius 3 is 1.17 bits per heavy atom. The molecule has 0 aliphatic rings. The van der Waals surface area contributed by atoms with Gasteiger partial charge in [0.05, 0.1) is 12.1 Å². The van der Waals surface area contributed by atoms with E-state index in [4.69, 9.17) is 0 Å². The van der Waals surface area contributed by atoms with Crippen molar-refractivity contribution in [1.29, 1.82) is 0 Å². The molecule has 0 aromatic heterocycles. The van der Waals surface area contributed by atoms with Gasteiger partial charge in [0.15, 0.2) is 0 Å². The molecule has 0 radical (unpaired) electrons. The molecule has 0 fully saturated rings. The second-order valence-electron chi connectivity index (χ2n) is 9.23. The van der Waals surface area contributed by atoms with Crippen molar-refractivity contribution in [3.05, 3.63) is 82.9 Å². The van der Waals surface area contributed by atoms with Gasteiger partial charge in [-0.1, -0.05) is 88.4 Å². The van der Waals surface area contributed by atoms with Crippen LogP contribution in [0.2, 0.25) is 0 Å². The third-order valence-electron chi connectivity index (χ3n) is 5.78. The summed E-state index contributed by atoms with van der Waals surface area (Å²) in [4.78, 5) is 49.7. The number of nitrogens with one attached hydrogen (secondary N) is 2. The number of carboxylic acid groups (broad SMARTS) is 2. The highest BCUT2D eigenvalue weighted by Gasteiger charge is 2.29. The maximum absolute atomic E-state index is 12.5. The maximum Gasteiger partial charge on any atom is 0.332 e. The number of rotatable bonds is 12. The Hall–Kier alpha value is -3.94. The summed E-state index contributed by atoms with van der Waals surface area (Å²) in [5.41, 5.74) is 0.644. The molecule has 2 amide bonds. The van der Waals surface area contributed by atoms with Crippen LogP contribution >= 0.6 is 0 Å². The number of amides is 2. The third-order valence-corrected chi connectivity index (χ3v) is 5.78. The molecule has 2 atom stereocenters. The van der Waals surface area contributed by atoms with Crippen molar-refractivity contribution in [2.45, 2.75) is 52.6 Å². The molecule has 8 heteroatoms. The van der Waals surface area contributed by atoms with Gasteiger partial charge in [-0.3, -0.25) is 9.59 Å². The summed E-state index contributed by atoms with van der Waals surface area (Å²) in [6.45, 7) is 6.87. The van der Waals surface area contributed by atoms with Crippen LogP contribution in [-0.4, -0.2) is 34.0 Å². The first-order valence-corrected chi connectivity index (χ1v) is 11.9. The van der Waals surface area contributed by atoms with Crippen molar-refractivity contribution in [3.63, 3.8) is 0 Å². The molecule has 4 N–H and O–H groups in total. The van der Waals surface area contributed by atoms with E-state index < -0.39 is 24.0 Å². The molecule has 0 aliphatic carbocycles. The van der Waals surface area contributed by atoms with Crippen LogP contribution in [0.25, 0.3) is 0 Å². The van der Waals surface area contributed by atoms with Gasteiger partial charge in [0.2, 0.25) is 11.8 Å². The normalized spacial score (nSPS) is 13.5. The minimum absolute atomic E-state index is 0.237. The zero-order chi connectivity index (χ0) is 26.8. The number of benzene rings is 2.